The van der Waals surface area contributed by atoms with Crippen LogP contribution in [0, 0.1) is 5.82 Å². The van der Waals surface area contributed by atoms with Gasteiger partial charge in [-0.15, -0.1) is 24.0 Å². The summed E-state index contributed by atoms with van der Waals surface area (Å²) in [6.07, 6.45) is 5.41. The van der Waals surface area contributed by atoms with Gasteiger partial charge in [0.2, 0.25) is 0 Å². The Morgan fingerprint density at radius 2 is 2.03 bits per heavy atom. The second kappa shape index (κ2) is 12.0. The zero-order valence-electron chi connectivity index (χ0n) is 16.7. The molecular weight excluding hydrogens is 486 g/mol. The third kappa shape index (κ3) is 6.88. The van der Waals surface area contributed by atoms with Crippen LogP contribution in [-0.2, 0) is 6.54 Å². The summed E-state index contributed by atoms with van der Waals surface area (Å²) in [6, 6.07) is 8.41. The van der Waals surface area contributed by atoms with Gasteiger partial charge >= 0.3 is 0 Å². The molecule has 0 bridgehead atoms. The first kappa shape index (κ1) is 23.5. The van der Waals surface area contributed by atoms with Crippen molar-refractivity contribution in [2.24, 2.45) is 4.99 Å². The summed E-state index contributed by atoms with van der Waals surface area (Å²) in [7, 11) is 0. The normalized spacial score (nSPS) is 16.1. The first-order valence-electron chi connectivity index (χ1n) is 9.94. The number of nitrogens with one attached hydrogen (secondary N) is 2. The number of halogens is 2. The number of phenols is 1. The number of rotatable bonds is 7. The van der Waals surface area contributed by atoms with Crippen LogP contribution in [0.2, 0.25) is 0 Å². The highest BCUT2D eigenvalue weighted by molar-refractivity contribution is 14.0. The van der Waals surface area contributed by atoms with Gasteiger partial charge in [0, 0.05) is 13.1 Å². The summed E-state index contributed by atoms with van der Waals surface area (Å²) >= 11 is 0. The lowest BCUT2D eigenvalue weighted by molar-refractivity contribution is 0.146. The van der Waals surface area contributed by atoms with Gasteiger partial charge in [-0.2, -0.15) is 0 Å². The van der Waals surface area contributed by atoms with Crippen molar-refractivity contribution in [1.29, 1.82) is 0 Å². The summed E-state index contributed by atoms with van der Waals surface area (Å²) in [4.78, 5) is 7.00. The van der Waals surface area contributed by atoms with Crippen LogP contribution in [0.15, 0.2) is 46.0 Å². The average Bonchev–Trinajstić information content (AvgIpc) is 3.24. The van der Waals surface area contributed by atoms with Gasteiger partial charge in [0.05, 0.1) is 18.8 Å². The average molecular weight is 516 g/mol. The molecule has 0 saturated carbocycles. The number of hydrogen-bond donors (Lipinski definition) is 3. The molecule has 2 heterocycles. The lowest BCUT2D eigenvalue weighted by Crippen LogP contribution is -2.44. The van der Waals surface area contributed by atoms with E-state index in [1.54, 1.807) is 12.3 Å². The third-order valence-corrected chi connectivity index (χ3v) is 4.94. The van der Waals surface area contributed by atoms with Crippen molar-refractivity contribution in [3.05, 3.63) is 53.7 Å². The van der Waals surface area contributed by atoms with Gasteiger partial charge < -0.3 is 20.2 Å². The van der Waals surface area contributed by atoms with Crippen molar-refractivity contribution in [2.45, 2.75) is 38.8 Å². The molecule has 0 spiro atoms. The quantitative estimate of drug-likeness (QED) is 0.295. The van der Waals surface area contributed by atoms with Crippen LogP contribution in [0.4, 0.5) is 4.39 Å². The molecule has 1 saturated heterocycles. The lowest BCUT2D eigenvalue weighted by atomic mass is 10.1. The minimum absolute atomic E-state index is 0. The number of aromatic hydroxyl groups is 1. The molecule has 6 nitrogen and oxygen atoms in total. The number of likely N-dealkylation sites (tertiary alicyclic amines) is 1. The van der Waals surface area contributed by atoms with Crippen LogP contribution in [0.1, 0.15) is 43.6 Å². The molecule has 29 heavy (non-hydrogen) atoms. The molecule has 1 unspecified atom stereocenters. The topological polar surface area (TPSA) is 73.0 Å². The number of hydrogen-bond acceptors (Lipinski definition) is 4. The first-order chi connectivity index (χ1) is 13.7. The van der Waals surface area contributed by atoms with E-state index in [1.807, 2.05) is 19.1 Å². The number of guanidine groups is 1. The van der Waals surface area contributed by atoms with Gasteiger partial charge in [0.1, 0.15) is 5.76 Å². The van der Waals surface area contributed by atoms with Gasteiger partial charge in [-0.3, -0.25) is 4.90 Å². The number of aliphatic imine (C=N–C) groups is 1. The number of piperidine rings is 1. The SMILES string of the molecule is CCNC(=NCc1ccc(O)c(F)c1)NCC(c1ccco1)N1CCCCC1.I. The molecule has 1 aromatic heterocycles. The van der Waals surface area contributed by atoms with Crippen molar-refractivity contribution >= 4 is 29.9 Å². The van der Waals surface area contributed by atoms with Gasteiger partial charge in [-0.25, -0.2) is 9.38 Å². The Bertz CT molecular complexity index is 764. The van der Waals surface area contributed by atoms with E-state index >= 15 is 0 Å². The molecule has 160 valence electrons. The molecule has 8 heteroatoms. The smallest absolute Gasteiger partial charge is 0.191 e. The minimum atomic E-state index is -0.631. The molecule has 1 fully saturated rings. The highest BCUT2D eigenvalue weighted by Crippen LogP contribution is 2.24. The van der Waals surface area contributed by atoms with E-state index in [4.69, 9.17) is 4.42 Å². The van der Waals surface area contributed by atoms with E-state index in [1.165, 1.54) is 31.4 Å². The molecule has 0 amide bonds. The largest absolute Gasteiger partial charge is 0.505 e. The Kier molecular flexibility index (Phi) is 9.72. The molecule has 1 atom stereocenters. The first-order valence-corrected chi connectivity index (χ1v) is 9.94. The Hall–Kier alpha value is -1.81. The molecule has 1 aromatic carbocycles. The van der Waals surface area contributed by atoms with Gasteiger partial charge in [0.25, 0.3) is 0 Å². The molecule has 0 radical (unpaired) electrons. The van der Waals surface area contributed by atoms with E-state index in [2.05, 4.69) is 20.5 Å². The second-order valence-corrected chi connectivity index (χ2v) is 6.99. The third-order valence-electron chi connectivity index (χ3n) is 4.94. The Morgan fingerprint density at radius 3 is 2.69 bits per heavy atom. The van der Waals surface area contributed by atoms with Crippen LogP contribution in [-0.4, -0.2) is 42.1 Å². The summed E-state index contributed by atoms with van der Waals surface area (Å²) < 4.78 is 19.2. The predicted molar refractivity (Wildman–Crippen MR) is 123 cm³/mol. The summed E-state index contributed by atoms with van der Waals surface area (Å²) in [5.74, 6) is 0.643. The van der Waals surface area contributed by atoms with Crippen LogP contribution in [0.3, 0.4) is 0 Å². The zero-order chi connectivity index (χ0) is 19.8. The number of phenolic OH excluding ortho intramolecular Hbond substituents is 1. The molecule has 3 N–H and O–H groups in total. The van der Waals surface area contributed by atoms with E-state index in [0.717, 1.165) is 25.4 Å². The van der Waals surface area contributed by atoms with E-state index in [9.17, 15) is 9.50 Å². The van der Waals surface area contributed by atoms with Crippen molar-refractivity contribution in [2.75, 3.05) is 26.2 Å². The summed E-state index contributed by atoms with van der Waals surface area (Å²) in [6.45, 7) is 5.85. The minimum Gasteiger partial charge on any atom is -0.505 e. The van der Waals surface area contributed by atoms with Crippen LogP contribution >= 0.6 is 24.0 Å². The number of nitrogens with zero attached hydrogens (tertiary/aromatic N) is 2. The molecule has 1 aliphatic rings. The van der Waals surface area contributed by atoms with E-state index < -0.39 is 5.82 Å². The molecule has 2 aromatic rings. The fourth-order valence-electron chi connectivity index (χ4n) is 3.47. The maximum Gasteiger partial charge on any atom is 0.191 e. The van der Waals surface area contributed by atoms with Crippen molar-refractivity contribution in [3.63, 3.8) is 0 Å². The lowest BCUT2D eigenvalue weighted by Gasteiger charge is -2.33. The summed E-state index contributed by atoms with van der Waals surface area (Å²) in [5, 5.41) is 15.9. The second-order valence-electron chi connectivity index (χ2n) is 6.99. The van der Waals surface area contributed by atoms with Gasteiger partial charge in [-0.1, -0.05) is 12.5 Å². The van der Waals surface area contributed by atoms with Gasteiger partial charge in [0.15, 0.2) is 17.5 Å². The molecule has 0 aliphatic carbocycles. The summed E-state index contributed by atoms with van der Waals surface area (Å²) in [5.41, 5.74) is 0.700. The molecule has 1 aliphatic heterocycles. The standard InChI is InChI=1S/C21H29FN4O2.HI/c1-2-23-21(24-14-16-8-9-19(27)17(22)13-16)25-15-18(20-7-6-12-28-20)26-10-4-3-5-11-26;/h6-9,12-13,18,27H,2-5,10-11,14-15H2,1H3,(H2,23,24,25);1H. The fourth-order valence-corrected chi connectivity index (χ4v) is 3.47. The Balaban J connectivity index is 0.00000300. The number of benzene rings is 1. The molecule has 3 rings (SSSR count). The van der Waals surface area contributed by atoms with Crippen molar-refractivity contribution < 1.29 is 13.9 Å². The highest BCUT2D eigenvalue weighted by atomic mass is 127. The Labute approximate surface area is 188 Å². The highest BCUT2D eigenvalue weighted by Gasteiger charge is 2.24. The van der Waals surface area contributed by atoms with E-state index in [0.29, 0.717) is 24.6 Å². The predicted octanol–water partition coefficient (Wildman–Crippen LogP) is 4.02. The number of furan rings is 1. The zero-order valence-corrected chi connectivity index (χ0v) is 19.1. The van der Waals surface area contributed by atoms with Crippen LogP contribution < -0.4 is 10.6 Å². The van der Waals surface area contributed by atoms with Crippen molar-refractivity contribution in [1.82, 2.24) is 15.5 Å². The van der Waals surface area contributed by atoms with Gasteiger partial charge in [-0.05, 0) is 62.7 Å². The monoisotopic (exact) mass is 516 g/mol. The molecular formula is C21H30FIN4O2. The Morgan fingerprint density at radius 1 is 1.24 bits per heavy atom. The van der Waals surface area contributed by atoms with Crippen molar-refractivity contribution in [3.8, 4) is 5.75 Å². The maximum absolute atomic E-state index is 13.5. The van der Waals surface area contributed by atoms with Crippen LogP contribution in [0.5, 0.6) is 5.75 Å². The fraction of sp³-hybridized carbons (Fsp3) is 0.476. The van der Waals surface area contributed by atoms with E-state index in [-0.39, 0.29) is 35.8 Å². The maximum atomic E-state index is 13.5. The van der Waals surface area contributed by atoms with Crippen LogP contribution in [0.25, 0.3) is 0 Å².